The highest BCUT2D eigenvalue weighted by molar-refractivity contribution is 6.17. The Morgan fingerprint density at radius 3 is 2.38 bits per heavy atom. The molecule has 0 nitrogen and oxygen atoms in total. The lowest BCUT2D eigenvalue weighted by Gasteiger charge is -2.17. The van der Waals surface area contributed by atoms with Gasteiger partial charge in [0.1, 0.15) is 0 Å². The summed E-state index contributed by atoms with van der Waals surface area (Å²) in [6.07, 6.45) is 11.6. The van der Waals surface area contributed by atoms with Crippen LogP contribution >= 0.6 is 11.6 Å². The molecule has 0 heterocycles. The summed E-state index contributed by atoms with van der Waals surface area (Å²) in [6.45, 7) is 0. The minimum absolute atomic E-state index is 0.604. The average Bonchev–Trinajstić information content (AvgIpc) is 2.38. The van der Waals surface area contributed by atoms with Gasteiger partial charge in [0, 0.05) is 5.88 Å². The number of hydrogen-bond donors (Lipinski definition) is 0. The van der Waals surface area contributed by atoms with Gasteiger partial charge in [-0.1, -0.05) is 55.7 Å². The molecule has 0 radical (unpaired) electrons. The van der Waals surface area contributed by atoms with Crippen molar-refractivity contribution in [1.29, 1.82) is 0 Å². The fraction of sp³-hybridized carbons (Fsp3) is 0.467. The molecule has 1 aliphatic carbocycles. The van der Waals surface area contributed by atoms with E-state index >= 15 is 0 Å². The van der Waals surface area contributed by atoms with Gasteiger partial charge in [-0.3, -0.25) is 0 Å². The van der Waals surface area contributed by atoms with Gasteiger partial charge < -0.3 is 0 Å². The highest BCUT2D eigenvalue weighted by atomic mass is 35.5. The van der Waals surface area contributed by atoms with Crippen LogP contribution < -0.4 is 0 Å². The van der Waals surface area contributed by atoms with Crippen molar-refractivity contribution in [2.75, 3.05) is 0 Å². The summed E-state index contributed by atoms with van der Waals surface area (Å²) in [5.74, 6) is 1.41. The third-order valence-electron chi connectivity index (χ3n) is 3.34. The smallest absolute Gasteiger partial charge is 0.0474 e. The van der Waals surface area contributed by atoms with Crippen LogP contribution in [0.15, 0.2) is 30.3 Å². The van der Waals surface area contributed by atoms with Crippen LogP contribution in [0.4, 0.5) is 0 Å². The summed E-state index contributed by atoms with van der Waals surface area (Å²) in [5, 5.41) is 0. The van der Waals surface area contributed by atoms with Crippen molar-refractivity contribution in [3.8, 4) is 0 Å². The lowest BCUT2D eigenvalue weighted by atomic mass is 9.89. The summed E-state index contributed by atoms with van der Waals surface area (Å²) in [5.41, 5.74) is 2.48. The molecular weight excluding hydrogens is 216 g/mol. The molecule has 0 unspecified atom stereocenters. The van der Waals surface area contributed by atoms with E-state index in [1.165, 1.54) is 43.2 Å². The third-order valence-corrected chi connectivity index (χ3v) is 3.65. The van der Waals surface area contributed by atoms with E-state index in [1.807, 2.05) is 0 Å². The summed E-state index contributed by atoms with van der Waals surface area (Å²) in [7, 11) is 0. The fourth-order valence-electron chi connectivity index (χ4n) is 2.29. The topological polar surface area (TPSA) is 0 Å². The van der Waals surface area contributed by atoms with Crippen LogP contribution in [0.1, 0.15) is 43.2 Å². The molecule has 0 amide bonds. The van der Waals surface area contributed by atoms with E-state index < -0.39 is 0 Å². The number of alkyl halides is 1. The molecule has 1 aromatic rings. The molecule has 0 atom stereocenters. The minimum Gasteiger partial charge on any atom is -0.122 e. The zero-order valence-corrected chi connectivity index (χ0v) is 10.4. The maximum absolute atomic E-state index is 5.76. The van der Waals surface area contributed by atoms with Gasteiger partial charge in [0.05, 0.1) is 0 Å². The molecule has 1 heteroatoms. The Kier molecular flexibility index (Phi) is 4.47. The highest BCUT2D eigenvalue weighted by Gasteiger charge is 2.09. The summed E-state index contributed by atoms with van der Waals surface area (Å²) in [6, 6.07) is 8.51. The van der Waals surface area contributed by atoms with Gasteiger partial charge in [-0.25, -0.2) is 0 Å². The van der Waals surface area contributed by atoms with E-state index in [1.54, 1.807) is 0 Å². The first kappa shape index (κ1) is 11.7. The number of rotatable bonds is 3. The Balaban J connectivity index is 1.94. The van der Waals surface area contributed by atoms with E-state index in [9.17, 15) is 0 Å². The summed E-state index contributed by atoms with van der Waals surface area (Å²) in [4.78, 5) is 0. The van der Waals surface area contributed by atoms with Gasteiger partial charge in [0.25, 0.3) is 0 Å². The first-order valence-corrected chi connectivity index (χ1v) is 6.75. The predicted molar refractivity (Wildman–Crippen MR) is 71.6 cm³/mol. The first-order valence-electron chi connectivity index (χ1n) is 6.21. The second kappa shape index (κ2) is 6.10. The molecule has 1 aromatic carbocycles. The van der Waals surface area contributed by atoms with Crippen LogP contribution in [-0.4, -0.2) is 0 Å². The lowest BCUT2D eigenvalue weighted by molar-refractivity contribution is 0.420. The second-order valence-electron chi connectivity index (χ2n) is 4.63. The Bertz CT molecular complexity index is 331. The van der Waals surface area contributed by atoms with Crippen molar-refractivity contribution < 1.29 is 0 Å². The molecule has 86 valence electrons. The molecular formula is C15H19Cl. The minimum atomic E-state index is 0.604. The number of halogens is 1. The van der Waals surface area contributed by atoms with Crippen LogP contribution in [0.2, 0.25) is 0 Å². The van der Waals surface area contributed by atoms with Gasteiger partial charge in [0.15, 0.2) is 0 Å². The van der Waals surface area contributed by atoms with Crippen LogP contribution in [0.25, 0.3) is 6.08 Å². The lowest BCUT2D eigenvalue weighted by Crippen LogP contribution is -2.02. The van der Waals surface area contributed by atoms with Gasteiger partial charge in [-0.2, -0.15) is 0 Å². The van der Waals surface area contributed by atoms with Crippen molar-refractivity contribution in [1.82, 2.24) is 0 Å². The van der Waals surface area contributed by atoms with Crippen molar-refractivity contribution in [3.05, 3.63) is 41.5 Å². The molecule has 1 fully saturated rings. The monoisotopic (exact) mass is 234 g/mol. The second-order valence-corrected chi connectivity index (χ2v) is 4.90. The predicted octanol–water partition coefficient (Wildman–Crippen LogP) is 5.02. The normalized spacial score (nSPS) is 18.1. The fourth-order valence-corrected chi connectivity index (χ4v) is 2.47. The Labute approximate surface area is 103 Å². The molecule has 1 saturated carbocycles. The van der Waals surface area contributed by atoms with E-state index in [0.717, 1.165) is 5.92 Å². The van der Waals surface area contributed by atoms with Crippen molar-refractivity contribution in [3.63, 3.8) is 0 Å². The van der Waals surface area contributed by atoms with Crippen molar-refractivity contribution in [2.24, 2.45) is 5.92 Å². The Hall–Kier alpha value is -0.750. The zero-order valence-electron chi connectivity index (χ0n) is 9.66. The molecule has 0 aromatic heterocycles. The van der Waals surface area contributed by atoms with Crippen LogP contribution in [0, 0.1) is 5.92 Å². The molecule has 0 N–H and O–H groups in total. The van der Waals surface area contributed by atoms with Gasteiger partial charge in [0.2, 0.25) is 0 Å². The van der Waals surface area contributed by atoms with Gasteiger partial charge in [-0.05, 0) is 29.9 Å². The molecule has 0 spiro atoms. The Morgan fingerprint density at radius 1 is 1.06 bits per heavy atom. The van der Waals surface area contributed by atoms with E-state index in [-0.39, 0.29) is 0 Å². The summed E-state index contributed by atoms with van der Waals surface area (Å²) >= 11 is 5.76. The molecule has 1 aliphatic rings. The van der Waals surface area contributed by atoms with Crippen LogP contribution in [0.5, 0.6) is 0 Å². The van der Waals surface area contributed by atoms with E-state index in [4.69, 9.17) is 11.6 Å². The SMILES string of the molecule is ClCc1ccc(/C=C/C2CCCCC2)cc1. The standard InChI is InChI=1S/C15H19Cl/c16-12-15-10-8-14(9-11-15)7-6-13-4-2-1-3-5-13/h6-11,13H,1-5,12H2/b7-6+. The quantitative estimate of drug-likeness (QED) is 0.645. The Morgan fingerprint density at radius 2 is 1.75 bits per heavy atom. The van der Waals surface area contributed by atoms with E-state index in [2.05, 4.69) is 36.4 Å². The number of benzene rings is 1. The maximum atomic E-state index is 5.76. The molecule has 16 heavy (non-hydrogen) atoms. The largest absolute Gasteiger partial charge is 0.122 e. The highest BCUT2D eigenvalue weighted by Crippen LogP contribution is 2.25. The number of hydrogen-bond acceptors (Lipinski definition) is 0. The molecule has 0 saturated heterocycles. The van der Waals surface area contributed by atoms with E-state index in [0.29, 0.717) is 5.88 Å². The van der Waals surface area contributed by atoms with Gasteiger partial charge >= 0.3 is 0 Å². The zero-order chi connectivity index (χ0) is 11.2. The maximum Gasteiger partial charge on any atom is 0.0474 e. The summed E-state index contributed by atoms with van der Waals surface area (Å²) < 4.78 is 0. The molecule has 0 bridgehead atoms. The van der Waals surface area contributed by atoms with Crippen molar-refractivity contribution in [2.45, 2.75) is 38.0 Å². The van der Waals surface area contributed by atoms with Gasteiger partial charge in [-0.15, -0.1) is 11.6 Å². The van der Waals surface area contributed by atoms with Crippen molar-refractivity contribution >= 4 is 17.7 Å². The average molecular weight is 235 g/mol. The molecule has 2 rings (SSSR count). The third kappa shape index (κ3) is 3.38. The number of allylic oxidation sites excluding steroid dienone is 1. The first-order chi connectivity index (χ1) is 7.88. The molecule has 0 aliphatic heterocycles. The van der Waals surface area contributed by atoms with Crippen LogP contribution in [-0.2, 0) is 5.88 Å². The van der Waals surface area contributed by atoms with Crippen LogP contribution in [0.3, 0.4) is 0 Å².